The molecule has 0 atom stereocenters. The summed E-state index contributed by atoms with van der Waals surface area (Å²) in [5.74, 6) is 0. The van der Waals surface area contributed by atoms with E-state index >= 15 is 0 Å². The number of nitrogens with one attached hydrogen (secondary N) is 1. The molecule has 1 fully saturated rings. The molecular formula is C19H30N2O3. The Kier molecular flexibility index (Phi) is 6.24. The fourth-order valence-corrected chi connectivity index (χ4v) is 2.96. The highest BCUT2D eigenvalue weighted by Crippen LogP contribution is 2.26. The van der Waals surface area contributed by atoms with E-state index in [4.69, 9.17) is 9.47 Å². The molecule has 0 aliphatic carbocycles. The zero-order chi connectivity index (χ0) is 17.6. The lowest BCUT2D eigenvalue weighted by Gasteiger charge is -2.41. The van der Waals surface area contributed by atoms with Crippen molar-refractivity contribution in [2.45, 2.75) is 51.4 Å². The summed E-state index contributed by atoms with van der Waals surface area (Å²) in [6.45, 7) is 8.94. The number of hydrogen-bond donors (Lipinski definition) is 1. The highest BCUT2D eigenvalue weighted by Gasteiger charge is 2.35. The highest BCUT2D eigenvalue weighted by atomic mass is 16.6. The number of rotatable bonds is 5. The molecule has 1 aromatic rings. The van der Waals surface area contributed by atoms with Crippen molar-refractivity contribution in [1.82, 2.24) is 10.2 Å². The van der Waals surface area contributed by atoms with Gasteiger partial charge in [-0.2, -0.15) is 0 Å². The van der Waals surface area contributed by atoms with Crippen LogP contribution in [0.1, 0.15) is 39.2 Å². The molecular weight excluding hydrogens is 304 g/mol. The van der Waals surface area contributed by atoms with Crippen molar-refractivity contribution in [3.8, 4) is 0 Å². The fourth-order valence-electron chi connectivity index (χ4n) is 2.96. The summed E-state index contributed by atoms with van der Waals surface area (Å²) in [6, 6.07) is 10.5. The summed E-state index contributed by atoms with van der Waals surface area (Å²) in [7, 11) is 1.73. The van der Waals surface area contributed by atoms with E-state index in [1.807, 2.05) is 26.8 Å². The van der Waals surface area contributed by atoms with Gasteiger partial charge in [-0.05, 0) is 39.2 Å². The number of methoxy groups -OCH3 is 1. The van der Waals surface area contributed by atoms with Crippen molar-refractivity contribution in [2.24, 2.45) is 0 Å². The lowest BCUT2D eigenvalue weighted by atomic mass is 9.90. The summed E-state index contributed by atoms with van der Waals surface area (Å²) < 4.78 is 11.1. The first-order valence-corrected chi connectivity index (χ1v) is 8.60. The SMILES string of the molecule is COC1(CNC(=O)OC(C)(C)C)CCN(Cc2ccccc2)CC1. The van der Waals surface area contributed by atoms with Crippen molar-refractivity contribution >= 4 is 6.09 Å². The van der Waals surface area contributed by atoms with Gasteiger partial charge < -0.3 is 14.8 Å². The standard InChI is InChI=1S/C19H30N2O3/c1-18(2,3)24-17(22)20-15-19(23-4)10-12-21(13-11-19)14-16-8-6-5-7-9-16/h5-9H,10-15H2,1-4H3,(H,20,22). The van der Waals surface area contributed by atoms with Crippen LogP contribution in [-0.4, -0.2) is 48.9 Å². The molecule has 1 aliphatic rings. The molecule has 0 aromatic heterocycles. The molecule has 1 N–H and O–H groups in total. The highest BCUT2D eigenvalue weighted by molar-refractivity contribution is 5.67. The van der Waals surface area contributed by atoms with Crippen LogP contribution in [0.15, 0.2) is 30.3 Å². The van der Waals surface area contributed by atoms with Crippen molar-refractivity contribution < 1.29 is 14.3 Å². The Hall–Kier alpha value is -1.59. The Morgan fingerprint density at radius 1 is 1.21 bits per heavy atom. The van der Waals surface area contributed by atoms with Crippen LogP contribution in [-0.2, 0) is 16.0 Å². The molecule has 1 heterocycles. The molecule has 1 saturated heterocycles. The number of piperidine rings is 1. The Morgan fingerprint density at radius 3 is 2.38 bits per heavy atom. The molecule has 1 aromatic carbocycles. The molecule has 24 heavy (non-hydrogen) atoms. The monoisotopic (exact) mass is 334 g/mol. The number of likely N-dealkylation sites (tertiary alicyclic amines) is 1. The molecule has 0 bridgehead atoms. The van der Waals surface area contributed by atoms with E-state index in [-0.39, 0.29) is 11.7 Å². The zero-order valence-electron chi connectivity index (χ0n) is 15.3. The third kappa shape index (κ3) is 5.80. The summed E-state index contributed by atoms with van der Waals surface area (Å²) in [5, 5.41) is 2.86. The predicted molar refractivity (Wildman–Crippen MR) is 94.9 cm³/mol. The van der Waals surface area contributed by atoms with Gasteiger partial charge in [0.05, 0.1) is 5.60 Å². The quantitative estimate of drug-likeness (QED) is 0.898. The number of nitrogens with zero attached hydrogens (tertiary/aromatic N) is 1. The Labute approximate surface area is 145 Å². The van der Waals surface area contributed by atoms with Gasteiger partial charge in [-0.3, -0.25) is 4.90 Å². The van der Waals surface area contributed by atoms with E-state index in [9.17, 15) is 4.79 Å². The van der Waals surface area contributed by atoms with Crippen LogP contribution in [0.5, 0.6) is 0 Å². The van der Waals surface area contributed by atoms with E-state index in [1.54, 1.807) is 7.11 Å². The van der Waals surface area contributed by atoms with Gasteiger partial charge in [-0.25, -0.2) is 4.79 Å². The van der Waals surface area contributed by atoms with Gasteiger partial charge in [0.1, 0.15) is 5.60 Å². The number of ether oxygens (including phenoxy) is 2. The number of carbonyl (C=O) groups is 1. The van der Waals surface area contributed by atoms with E-state index in [0.29, 0.717) is 6.54 Å². The van der Waals surface area contributed by atoms with Crippen LogP contribution in [0.3, 0.4) is 0 Å². The average molecular weight is 334 g/mol. The normalized spacial score (nSPS) is 18.2. The minimum absolute atomic E-state index is 0.301. The number of hydrogen-bond acceptors (Lipinski definition) is 4. The molecule has 0 radical (unpaired) electrons. The van der Waals surface area contributed by atoms with Crippen LogP contribution < -0.4 is 5.32 Å². The van der Waals surface area contributed by atoms with Gasteiger partial charge in [0.15, 0.2) is 0 Å². The molecule has 5 nitrogen and oxygen atoms in total. The van der Waals surface area contributed by atoms with Gasteiger partial charge in [0.25, 0.3) is 0 Å². The number of benzene rings is 1. The van der Waals surface area contributed by atoms with Crippen LogP contribution in [0, 0.1) is 0 Å². The maximum Gasteiger partial charge on any atom is 0.407 e. The third-order valence-electron chi connectivity index (χ3n) is 4.40. The smallest absolute Gasteiger partial charge is 0.407 e. The summed E-state index contributed by atoms with van der Waals surface area (Å²) in [4.78, 5) is 14.3. The van der Waals surface area contributed by atoms with E-state index in [2.05, 4.69) is 34.5 Å². The minimum atomic E-state index is -0.483. The Bertz CT molecular complexity index is 517. The van der Waals surface area contributed by atoms with E-state index in [1.165, 1.54) is 5.56 Å². The molecule has 1 amide bonds. The first-order chi connectivity index (χ1) is 11.3. The predicted octanol–water partition coefficient (Wildman–Crippen LogP) is 3.19. The third-order valence-corrected chi connectivity index (χ3v) is 4.40. The largest absolute Gasteiger partial charge is 0.444 e. The van der Waals surface area contributed by atoms with Crippen LogP contribution in [0.2, 0.25) is 0 Å². The van der Waals surface area contributed by atoms with Gasteiger partial charge in [-0.1, -0.05) is 30.3 Å². The van der Waals surface area contributed by atoms with Crippen LogP contribution in [0.25, 0.3) is 0 Å². The van der Waals surface area contributed by atoms with Gasteiger partial charge >= 0.3 is 6.09 Å². The Balaban J connectivity index is 1.81. The second-order valence-electron chi connectivity index (χ2n) is 7.50. The van der Waals surface area contributed by atoms with Crippen molar-refractivity contribution in [3.05, 3.63) is 35.9 Å². The minimum Gasteiger partial charge on any atom is -0.444 e. The van der Waals surface area contributed by atoms with E-state index < -0.39 is 5.60 Å². The second kappa shape index (κ2) is 7.99. The number of carbonyl (C=O) groups excluding carboxylic acids is 1. The Morgan fingerprint density at radius 2 is 1.83 bits per heavy atom. The van der Waals surface area contributed by atoms with Gasteiger partial charge in [-0.15, -0.1) is 0 Å². The van der Waals surface area contributed by atoms with Crippen LogP contribution in [0.4, 0.5) is 4.79 Å². The number of alkyl carbamates (subject to hydrolysis) is 1. The van der Waals surface area contributed by atoms with E-state index in [0.717, 1.165) is 32.5 Å². The van der Waals surface area contributed by atoms with Crippen molar-refractivity contribution in [3.63, 3.8) is 0 Å². The molecule has 0 unspecified atom stereocenters. The molecule has 0 spiro atoms. The zero-order valence-corrected chi connectivity index (χ0v) is 15.3. The maximum absolute atomic E-state index is 11.9. The number of amides is 1. The van der Waals surface area contributed by atoms with Gasteiger partial charge in [0.2, 0.25) is 0 Å². The first-order valence-electron chi connectivity index (χ1n) is 8.60. The van der Waals surface area contributed by atoms with Gasteiger partial charge in [0, 0.05) is 33.3 Å². The van der Waals surface area contributed by atoms with Crippen molar-refractivity contribution in [2.75, 3.05) is 26.7 Å². The van der Waals surface area contributed by atoms with Crippen molar-refractivity contribution in [1.29, 1.82) is 0 Å². The summed E-state index contributed by atoms with van der Waals surface area (Å²) >= 11 is 0. The lowest BCUT2D eigenvalue weighted by Crippen LogP contribution is -2.52. The molecule has 0 saturated carbocycles. The topological polar surface area (TPSA) is 50.8 Å². The lowest BCUT2D eigenvalue weighted by molar-refractivity contribution is -0.0575. The second-order valence-corrected chi connectivity index (χ2v) is 7.50. The fraction of sp³-hybridized carbons (Fsp3) is 0.632. The first kappa shape index (κ1) is 18.7. The average Bonchev–Trinajstić information content (AvgIpc) is 2.54. The summed E-state index contributed by atoms with van der Waals surface area (Å²) in [5.41, 5.74) is 0.544. The molecule has 134 valence electrons. The molecule has 1 aliphatic heterocycles. The maximum atomic E-state index is 11.9. The summed E-state index contributed by atoms with van der Waals surface area (Å²) in [6.07, 6.45) is 1.41. The molecule has 5 heteroatoms. The molecule has 2 rings (SSSR count). The van der Waals surface area contributed by atoms with Crippen LogP contribution >= 0.6 is 0 Å².